The Morgan fingerprint density at radius 1 is 1.26 bits per heavy atom. The molecule has 0 heterocycles. The van der Waals surface area contributed by atoms with Crippen LogP contribution in [0.4, 0.5) is 0 Å². The van der Waals surface area contributed by atoms with Gasteiger partial charge in [-0.3, -0.25) is 9.59 Å². The summed E-state index contributed by atoms with van der Waals surface area (Å²) in [5.74, 6) is 4.70. The molecule has 100 valence electrons. The molecule has 1 aromatic carbocycles. The zero-order valence-electron chi connectivity index (χ0n) is 11.2. The third kappa shape index (κ3) is 5.73. The SMILES string of the molecule is CCOC(=O)CCN(C)C(=O)C#Cc1ccccc1. The summed E-state index contributed by atoms with van der Waals surface area (Å²) in [4.78, 5) is 24.2. The van der Waals surface area contributed by atoms with Gasteiger partial charge in [-0.25, -0.2) is 0 Å². The standard InChI is InChI=1S/C15H17NO3/c1-3-19-15(18)11-12-16(2)14(17)10-9-13-7-5-4-6-8-13/h4-8H,3,11-12H2,1-2H3. The molecule has 1 aromatic rings. The molecule has 0 N–H and O–H groups in total. The summed E-state index contributed by atoms with van der Waals surface area (Å²) in [5, 5.41) is 0. The first-order valence-electron chi connectivity index (χ1n) is 6.11. The first kappa shape index (κ1) is 14.8. The Kier molecular flexibility index (Phi) is 6.17. The van der Waals surface area contributed by atoms with Gasteiger partial charge in [-0.05, 0) is 19.1 Å². The molecule has 0 saturated heterocycles. The molecule has 0 atom stereocenters. The van der Waals surface area contributed by atoms with Crippen LogP contribution in [0.1, 0.15) is 18.9 Å². The van der Waals surface area contributed by atoms with Gasteiger partial charge in [0, 0.05) is 25.1 Å². The van der Waals surface area contributed by atoms with Gasteiger partial charge in [-0.2, -0.15) is 0 Å². The second-order valence-corrected chi connectivity index (χ2v) is 3.90. The molecule has 0 aliphatic heterocycles. The number of ether oxygens (including phenoxy) is 1. The van der Waals surface area contributed by atoms with Crippen molar-refractivity contribution in [3.05, 3.63) is 35.9 Å². The number of rotatable bonds is 4. The van der Waals surface area contributed by atoms with E-state index in [4.69, 9.17) is 4.74 Å². The third-order valence-corrected chi connectivity index (χ3v) is 2.39. The first-order chi connectivity index (χ1) is 9.13. The Hall–Kier alpha value is -2.28. The Labute approximate surface area is 113 Å². The molecule has 0 spiro atoms. The smallest absolute Gasteiger partial charge is 0.307 e. The summed E-state index contributed by atoms with van der Waals surface area (Å²) in [7, 11) is 1.61. The predicted octanol–water partition coefficient (Wildman–Crippen LogP) is 1.45. The highest BCUT2D eigenvalue weighted by Crippen LogP contribution is 1.96. The third-order valence-electron chi connectivity index (χ3n) is 2.39. The van der Waals surface area contributed by atoms with Crippen LogP contribution in [0.5, 0.6) is 0 Å². The van der Waals surface area contributed by atoms with Crippen molar-refractivity contribution in [2.75, 3.05) is 20.2 Å². The van der Waals surface area contributed by atoms with Gasteiger partial charge in [0.25, 0.3) is 5.91 Å². The number of carbonyl (C=O) groups is 2. The van der Waals surface area contributed by atoms with Crippen molar-refractivity contribution in [1.29, 1.82) is 0 Å². The van der Waals surface area contributed by atoms with Gasteiger partial charge in [-0.15, -0.1) is 0 Å². The number of amides is 1. The van der Waals surface area contributed by atoms with Gasteiger partial charge in [0.05, 0.1) is 13.0 Å². The molecule has 0 radical (unpaired) electrons. The van der Waals surface area contributed by atoms with E-state index in [1.807, 2.05) is 30.3 Å². The fourth-order valence-electron chi connectivity index (χ4n) is 1.34. The van der Waals surface area contributed by atoms with Crippen molar-refractivity contribution in [3.8, 4) is 11.8 Å². The lowest BCUT2D eigenvalue weighted by Crippen LogP contribution is -2.28. The van der Waals surface area contributed by atoms with Crippen molar-refractivity contribution < 1.29 is 14.3 Å². The summed E-state index contributed by atoms with van der Waals surface area (Å²) in [6, 6.07) is 9.27. The molecule has 4 nitrogen and oxygen atoms in total. The fraction of sp³-hybridized carbons (Fsp3) is 0.333. The van der Waals surface area contributed by atoms with Crippen LogP contribution in [0.15, 0.2) is 30.3 Å². The van der Waals surface area contributed by atoms with Crippen LogP contribution in [0, 0.1) is 11.8 Å². The fourth-order valence-corrected chi connectivity index (χ4v) is 1.34. The molecule has 0 aliphatic rings. The minimum Gasteiger partial charge on any atom is -0.466 e. The minimum atomic E-state index is -0.312. The summed E-state index contributed by atoms with van der Waals surface area (Å²) < 4.78 is 4.79. The zero-order valence-corrected chi connectivity index (χ0v) is 11.2. The minimum absolute atomic E-state index is 0.184. The van der Waals surface area contributed by atoms with Crippen molar-refractivity contribution >= 4 is 11.9 Å². The molecule has 1 amide bonds. The molecule has 0 aliphatic carbocycles. The number of carbonyl (C=O) groups excluding carboxylic acids is 2. The number of hydrogen-bond acceptors (Lipinski definition) is 3. The molecule has 4 heteroatoms. The lowest BCUT2D eigenvalue weighted by molar-refractivity contribution is -0.143. The number of benzene rings is 1. The van der Waals surface area contributed by atoms with Crippen molar-refractivity contribution in [2.24, 2.45) is 0 Å². The van der Waals surface area contributed by atoms with E-state index in [1.54, 1.807) is 14.0 Å². The molecule has 0 bridgehead atoms. The largest absolute Gasteiger partial charge is 0.466 e. The topological polar surface area (TPSA) is 46.6 Å². The quantitative estimate of drug-likeness (QED) is 0.607. The van der Waals surface area contributed by atoms with Crippen LogP contribution in [-0.4, -0.2) is 37.0 Å². The van der Waals surface area contributed by atoms with Gasteiger partial charge >= 0.3 is 5.97 Å². The second kappa shape index (κ2) is 7.93. The summed E-state index contributed by atoms with van der Waals surface area (Å²) >= 11 is 0. The average Bonchev–Trinajstić information content (AvgIpc) is 2.43. The van der Waals surface area contributed by atoms with Crippen LogP contribution >= 0.6 is 0 Å². The predicted molar refractivity (Wildman–Crippen MR) is 72.2 cm³/mol. The van der Waals surface area contributed by atoms with Crippen LogP contribution in [0.2, 0.25) is 0 Å². The Bertz CT molecular complexity index is 485. The monoisotopic (exact) mass is 259 g/mol. The maximum absolute atomic E-state index is 11.7. The molecular weight excluding hydrogens is 242 g/mol. The van der Waals surface area contributed by atoms with Crippen molar-refractivity contribution in [3.63, 3.8) is 0 Å². The van der Waals surface area contributed by atoms with Crippen LogP contribution in [0.25, 0.3) is 0 Å². The van der Waals surface area contributed by atoms with Gasteiger partial charge in [-0.1, -0.05) is 24.1 Å². The van der Waals surface area contributed by atoms with E-state index in [9.17, 15) is 9.59 Å². The van der Waals surface area contributed by atoms with E-state index in [2.05, 4.69) is 11.8 Å². The molecule has 1 rings (SSSR count). The van der Waals surface area contributed by atoms with Crippen LogP contribution in [0.3, 0.4) is 0 Å². The van der Waals surface area contributed by atoms with E-state index in [-0.39, 0.29) is 18.3 Å². The molecule has 19 heavy (non-hydrogen) atoms. The Morgan fingerprint density at radius 3 is 2.58 bits per heavy atom. The lowest BCUT2D eigenvalue weighted by atomic mass is 10.2. The highest BCUT2D eigenvalue weighted by Gasteiger charge is 2.08. The van der Waals surface area contributed by atoms with Gasteiger partial charge < -0.3 is 9.64 Å². The zero-order chi connectivity index (χ0) is 14.1. The average molecular weight is 259 g/mol. The number of esters is 1. The summed E-state index contributed by atoms with van der Waals surface area (Å²) in [6.07, 6.45) is 0.184. The van der Waals surface area contributed by atoms with Crippen LogP contribution in [-0.2, 0) is 14.3 Å². The Balaban J connectivity index is 2.45. The van der Waals surface area contributed by atoms with E-state index in [0.717, 1.165) is 5.56 Å². The molecule has 0 unspecified atom stereocenters. The van der Waals surface area contributed by atoms with Gasteiger partial charge in [0.2, 0.25) is 0 Å². The van der Waals surface area contributed by atoms with E-state index >= 15 is 0 Å². The highest BCUT2D eigenvalue weighted by molar-refractivity contribution is 5.94. The van der Waals surface area contributed by atoms with E-state index < -0.39 is 0 Å². The molecule has 0 aromatic heterocycles. The number of hydrogen-bond donors (Lipinski definition) is 0. The molecule has 0 fully saturated rings. The van der Waals surface area contributed by atoms with Crippen LogP contribution < -0.4 is 0 Å². The van der Waals surface area contributed by atoms with E-state index in [1.165, 1.54) is 4.90 Å². The maximum atomic E-state index is 11.7. The van der Waals surface area contributed by atoms with Gasteiger partial charge in [0.15, 0.2) is 0 Å². The van der Waals surface area contributed by atoms with Crippen molar-refractivity contribution in [2.45, 2.75) is 13.3 Å². The molecular formula is C15H17NO3. The van der Waals surface area contributed by atoms with Crippen molar-refractivity contribution in [1.82, 2.24) is 4.90 Å². The van der Waals surface area contributed by atoms with Gasteiger partial charge in [0.1, 0.15) is 0 Å². The lowest BCUT2D eigenvalue weighted by Gasteiger charge is -2.12. The maximum Gasteiger partial charge on any atom is 0.307 e. The molecule has 0 saturated carbocycles. The second-order valence-electron chi connectivity index (χ2n) is 3.90. The summed E-state index contributed by atoms with van der Waals surface area (Å²) in [6.45, 7) is 2.41. The highest BCUT2D eigenvalue weighted by atomic mass is 16.5. The van der Waals surface area contributed by atoms with E-state index in [0.29, 0.717) is 13.2 Å². The Morgan fingerprint density at radius 2 is 1.95 bits per heavy atom. The normalized spacial score (nSPS) is 9.16. The first-order valence-corrected chi connectivity index (χ1v) is 6.11. The summed E-state index contributed by atoms with van der Waals surface area (Å²) in [5.41, 5.74) is 0.787. The number of nitrogens with zero attached hydrogens (tertiary/aromatic N) is 1.